The highest BCUT2D eigenvalue weighted by molar-refractivity contribution is 8.13. The molecule has 0 spiro atoms. The maximum absolute atomic E-state index is 12.4. The zero-order valence-corrected chi connectivity index (χ0v) is 14.5. The van der Waals surface area contributed by atoms with Crippen LogP contribution in [0.15, 0.2) is 35.3 Å². The van der Waals surface area contributed by atoms with Gasteiger partial charge in [0.15, 0.2) is 17.4 Å². The third kappa shape index (κ3) is 3.25. The predicted octanol–water partition coefficient (Wildman–Crippen LogP) is 1.11. The lowest BCUT2D eigenvalue weighted by Crippen LogP contribution is -2.63. The van der Waals surface area contributed by atoms with Gasteiger partial charge in [-0.25, -0.2) is 9.79 Å². The second-order valence-electron chi connectivity index (χ2n) is 5.63. The fourth-order valence-corrected chi connectivity index (χ4v) is 3.74. The number of nitrogens with one attached hydrogen (secondary N) is 1. The van der Waals surface area contributed by atoms with Gasteiger partial charge in [-0.05, 0) is 5.56 Å². The van der Waals surface area contributed by atoms with Gasteiger partial charge in [0.1, 0.15) is 0 Å². The molecule has 1 saturated heterocycles. The normalized spacial score (nSPS) is 23.2. The number of methoxy groups -OCH3 is 1. The summed E-state index contributed by atoms with van der Waals surface area (Å²) in [6.07, 6.45) is -0.486. The van der Waals surface area contributed by atoms with Crippen molar-refractivity contribution in [3.05, 3.63) is 35.9 Å². The molecule has 3 amide bonds. The maximum atomic E-state index is 12.4. The van der Waals surface area contributed by atoms with Gasteiger partial charge in [0, 0.05) is 26.5 Å². The summed E-state index contributed by atoms with van der Waals surface area (Å²) < 4.78 is 5.09. The summed E-state index contributed by atoms with van der Waals surface area (Å²) >= 11 is 1.54. The highest BCUT2D eigenvalue weighted by atomic mass is 32.2. The lowest BCUT2D eigenvalue weighted by atomic mass is 10.1. The minimum absolute atomic E-state index is 0.301. The van der Waals surface area contributed by atoms with E-state index in [0.717, 1.165) is 16.5 Å². The number of rotatable bonds is 5. The standard InChI is InChI=1S/C16H20N4O3S/c1-19-13-12(14(21)18-15(19)22)20(10-11-6-4-3-5-7-11)16(17-13)24-9-8-23-2/h3-7,12-13H,8-10H2,1-2H3,(H,18,21,22). The third-order valence-electron chi connectivity index (χ3n) is 4.04. The van der Waals surface area contributed by atoms with Gasteiger partial charge in [0.05, 0.1) is 6.61 Å². The number of ether oxygens (including phenoxy) is 1. The van der Waals surface area contributed by atoms with E-state index in [1.54, 1.807) is 25.9 Å². The van der Waals surface area contributed by atoms with Crippen LogP contribution < -0.4 is 5.32 Å². The van der Waals surface area contributed by atoms with Crippen LogP contribution in [0.4, 0.5) is 4.79 Å². The summed E-state index contributed by atoms with van der Waals surface area (Å²) in [4.78, 5) is 32.3. The van der Waals surface area contributed by atoms with Gasteiger partial charge < -0.3 is 14.5 Å². The predicted molar refractivity (Wildman–Crippen MR) is 92.6 cm³/mol. The first-order valence-corrected chi connectivity index (χ1v) is 8.68. The molecule has 1 fully saturated rings. The van der Waals surface area contributed by atoms with Gasteiger partial charge in [-0.3, -0.25) is 10.1 Å². The Bertz CT molecular complexity index is 652. The Morgan fingerprint density at radius 2 is 2.04 bits per heavy atom. The Balaban J connectivity index is 1.85. The van der Waals surface area contributed by atoms with Gasteiger partial charge in [0.25, 0.3) is 5.91 Å². The van der Waals surface area contributed by atoms with Crippen LogP contribution in [-0.4, -0.2) is 65.6 Å². The molecule has 0 bridgehead atoms. The molecule has 2 aliphatic heterocycles. The fourth-order valence-electron chi connectivity index (χ4n) is 2.78. The molecule has 128 valence electrons. The highest BCUT2D eigenvalue weighted by Crippen LogP contribution is 2.29. The molecule has 2 atom stereocenters. The van der Waals surface area contributed by atoms with Crippen molar-refractivity contribution >= 4 is 28.9 Å². The van der Waals surface area contributed by atoms with E-state index in [9.17, 15) is 9.59 Å². The summed E-state index contributed by atoms with van der Waals surface area (Å²) in [6.45, 7) is 1.16. The first-order chi connectivity index (χ1) is 11.6. The highest BCUT2D eigenvalue weighted by Gasteiger charge is 2.48. The maximum Gasteiger partial charge on any atom is 0.325 e. The Kier molecular flexibility index (Phi) is 5.06. The number of aliphatic imine (C=N–C) groups is 1. The molecule has 24 heavy (non-hydrogen) atoms. The Hall–Kier alpha value is -2.06. The van der Waals surface area contributed by atoms with E-state index in [4.69, 9.17) is 4.74 Å². The van der Waals surface area contributed by atoms with Crippen LogP contribution in [-0.2, 0) is 16.1 Å². The third-order valence-corrected chi connectivity index (χ3v) is 5.01. The fraction of sp³-hybridized carbons (Fsp3) is 0.438. The number of likely N-dealkylation sites (N-methyl/N-ethyl adjacent to an activating group) is 1. The van der Waals surface area contributed by atoms with E-state index < -0.39 is 18.2 Å². The second kappa shape index (κ2) is 7.23. The number of hydrogen-bond acceptors (Lipinski definition) is 6. The van der Waals surface area contributed by atoms with E-state index in [1.165, 1.54) is 4.90 Å². The molecule has 0 aromatic heterocycles. The van der Waals surface area contributed by atoms with Crippen LogP contribution in [0.25, 0.3) is 0 Å². The number of amidine groups is 1. The molecule has 8 heteroatoms. The molecular weight excluding hydrogens is 328 g/mol. The van der Waals surface area contributed by atoms with Crippen LogP contribution in [0.3, 0.4) is 0 Å². The summed E-state index contributed by atoms with van der Waals surface area (Å²) in [5.41, 5.74) is 1.09. The van der Waals surface area contributed by atoms with Gasteiger partial charge >= 0.3 is 6.03 Å². The van der Waals surface area contributed by atoms with Crippen LogP contribution in [0.1, 0.15) is 5.56 Å². The molecule has 2 unspecified atom stereocenters. The monoisotopic (exact) mass is 348 g/mol. The van der Waals surface area contributed by atoms with E-state index in [0.29, 0.717) is 13.2 Å². The number of urea groups is 1. The van der Waals surface area contributed by atoms with Crippen molar-refractivity contribution < 1.29 is 14.3 Å². The van der Waals surface area contributed by atoms with E-state index in [2.05, 4.69) is 10.3 Å². The molecule has 2 heterocycles. The smallest absolute Gasteiger partial charge is 0.325 e. The van der Waals surface area contributed by atoms with Crippen molar-refractivity contribution in [3.8, 4) is 0 Å². The van der Waals surface area contributed by atoms with E-state index >= 15 is 0 Å². The van der Waals surface area contributed by atoms with Crippen molar-refractivity contribution in [2.24, 2.45) is 4.99 Å². The SMILES string of the molecule is COCCSC1=NC2C(C(=O)NC(=O)N2C)N1Cc1ccccc1. The quantitative estimate of drug-likeness (QED) is 0.807. The van der Waals surface area contributed by atoms with Crippen molar-refractivity contribution in [3.63, 3.8) is 0 Å². The molecule has 0 radical (unpaired) electrons. The number of carbonyl (C=O) groups excluding carboxylic acids is 2. The van der Waals surface area contributed by atoms with E-state index in [-0.39, 0.29) is 5.91 Å². The topological polar surface area (TPSA) is 74.2 Å². The first-order valence-electron chi connectivity index (χ1n) is 7.69. The lowest BCUT2D eigenvalue weighted by Gasteiger charge is -2.36. The molecule has 1 N–H and O–H groups in total. The molecule has 0 aliphatic carbocycles. The minimum Gasteiger partial charge on any atom is -0.384 e. The van der Waals surface area contributed by atoms with Gasteiger partial charge in [0.2, 0.25) is 0 Å². The number of carbonyl (C=O) groups is 2. The largest absolute Gasteiger partial charge is 0.384 e. The minimum atomic E-state index is -0.502. The zero-order valence-electron chi connectivity index (χ0n) is 13.6. The number of hydrogen-bond donors (Lipinski definition) is 1. The molecular formula is C16H20N4O3S. The second-order valence-corrected chi connectivity index (χ2v) is 6.69. The van der Waals surface area contributed by atoms with Crippen molar-refractivity contribution in [2.75, 3.05) is 26.5 Å². The number of amides is 3. The van der Waals surface area contributed by atoms with Gasteiger partial charge in [-0.1, -0.05) is 42.1 Å². The number of thioether (sulfide) groups is 1. The molecule has 1 aromatic rings. The first kappa shape index (κ1) is 16.8. The molecule has 2 aliphatic rings. The van der Waals surface area contributed by atoms with Crippen molar-refractivity contribution in [2.45, 2.75) is 18.8 Å². The van der Waals surface area contributed by atoms with Crippen LogP contribution in [0.2, 0.25) is 0 Å². The number of imide groups is 1. The van der Waals surface area contributed by atoms with Crippen LogP contribution in [0.5, 0.6) is 0 Å². The molecule has 0 saturated carbocycles. The summed E-state index contributed by atoms with van der Waals surface area (Å²) in [6, 6.07) is 9.01. The van der Waals surface area contributed by atoms with Gasteiger partial charge in [-0.2, -0.15) is 0 Å². The Morgan fingerprint density at radius 1 is 1.29 bits per heavy atom. The average molecular weight is 348 g/mol. The van der Waals surface area contributed by atoms with Gasteiger partial charge in [-0.15, -0.1) is 0 Å². The van der Waals surface area contributed by atoms with Crippen molar-refractivity contribution in [1.82, 2.24) is 15.1 Å². The Labute approximate surface area is 145 Å². The van der Waals surface area contributed by atoms with E-state index in [1.807, 2.05) is 35.2 Å². The molecule has 3 rings (SSSR count). The van der Waals surface area contributed by atoms with Crippen LogP contribution >= 0.6 is 11.8 Å². The van der Waals surface area contributed by atoms with Crippen molar-refractivity contribution in [1.29, 1.82) is 0 Å². The van der Waals surface area contributed by atoms with Crippen LogP contribution in [0, 0.1) is 0 Å². The number of nitrogens with zero attached hydrogens (tertiary/aromatic N) is 3. The number of fused-ring (bicyclic) bond motifs is 1. The summed E-state index contributed by atoms with van der Waals surface area (Å²) in [5, 5.41) is 3.17. The molecule has 1 aromatic carbocycles. The number of benzene rings is 1. The molecule has 7 nitrogen and oxygen atoms in total. The average Bonchev–Trinajstić information content (AvgIpc) is 2.93. The zero-order chi connectivity index (χ0) is 17.1. The Morgan fingerprint density at radius 3 is 2.75 bits per heavy atom. The lowest BCUT2D eigenvalue weighted by molar-refractivity contribution is -0.127. The summed E-state index contributed by atoms with van der Waals surface area (Å²) in [5.74, 6) is 0.435. The summed E-state index contributed by atoms with van der Waals surface area (Å²) in [7, 11) is 3.31.